The van der Waals surface area contributed by atoms with Gasteiger partial charge in [-0.05, 0) is 23.3 Å². The quantitative estimate of drug-likeness (QED) is 0.768. The van der Waals surface area contributed by atoms with Crippen molar-refractivity contribution in [3.63, 3.8) is 0 Å². The van der Waals surface area contributed by atoms with E-state index in [1.54, 1.807) is 31.2 Å². The molecule has 0 bridgehead atoms. The Balaban J connectivity index is 1.68. The average molecular weight is 363 g/mol. The third kappa shape index (κ3) is 3.19. The van der Waals surface area contributed by atoms with Crippen LogP contribution in [-0.4, -0.2) is 38.1 Å². The summed E-state index contributed by atoms with van der Waals surface area (Å²) in [6.45, 7) is 1.95. The van der Waals surface area contributed by atoms with Gasteiger partial charge in [0.05, 0.1) is 0 Å². The number of aromatic nitrogens is 2. The lowest BCUT2D eigenvalue weighted by Crippen LogP contribution is -2.48. The van der Waals surface area contributed by atoms with Crippen molar-refractivity contribution in [2.45, 2.75) is 25.9 Å². The summed E-state index contributed by atoms with van der Waals surface area (Å²) >= 11 is 0. The summed E-state index contributed by atoms with van der Waals surface area (Å²) in [6.07, 6.45) is 0.293. The molecule has 0 aliphatic carbocycles. The Morgan fingerprint density at radius 2 is 1.93 bits per heavy atom. The van der Waals surface area contributed by atoms with Gasteiger partial charge in [0.25, 0.3) is 5.91 Å². The van der Waals surface area contributed by atoms with E-state index >= 15 is 0 Å². The smallest absolute Gasteiger partial charge is 0.326 e. The zero-order valence-corrected chi connectivity index (χ0v) is 14.6. The van der Waals surface area contributed by atoms with Crippen molar-refractivity contribution in [2.24, 2.45) is 0 Å². The molecule has 2 heterocycles. The first-order chi connectivity index (χ1) is 13.0. The minimum atomic E-state index is -1.01. The van der Waals surface area contributed by atoms with Crippen LogP contribution in [0.4, 0.5) is 0 Å². The number of carbonyl (C=O) groups excluding carboxylic acids is 1. The Morgan fingerprint density at radius 3 is 2.63 bits per heavy atom. The average Bonchev–Trinajstić information content (AvgIpc) is 3.13. The van der Waals surface area contributed by atoms with Crippen molar-refractivity contribution in [3.8, 4) is 11.4 Å². The number of fused-ring (bicyclic) bond motifs is 1. The van der Waals surface area contributed by atoms with E-state index in [-0.39, 0.29) is 12.5 Å². The standard InChI is InChI=1S/C20H17N3O4/c1-12-21-18(22-27-12)14-7-4-8-15(9-14)19(24)23-11-16-6-3-2-5-13(16)10-17(23)20(25)26/h2-9,17H,10-11H2,1H3,(H,25,26)/t17-/m0/s1. The van der Waals surface area contributed by atoms with Crippen LogP contribution in [0.1, 0.15) is 27.4 Å². The fourth-order valence-corrected chi connectivity index (χ4v) is 3.33. The van der Waals surface area contributed by atoms with Crippen LogP contribution < -0.4 is 0 Å². The van der Waals surface area contributed by atoms with Gasteiger partial charge in [0.15, 0.2) is 0 Å². The molecule has 1 aromatic heterocycles. The van der Waals surface area contributed by atoms with E-state index in [4.69, 9.17) is 4.52 Å². The minimum absolute atomic E-state index is 0.261. The van der Waals surface area contributed by atoms with Crippen LogP contribution >= 0.6 is 0 Å². The van der Waals surface area contributed by atoms with E-state index in [9.17, 15) is 14.7 Å². The van der Waals surface area contributed by atoms with Crippen LogP contribution in [0.5, 0.6) is 0 Å². The van der Waals surface area contributed by atoms with Gasteiger partial charge in [-0.2, -0.15) is 4.98 Å². The zero-order valence-electron chi connectivity index (χ0n) is 14.6. The van der Waals surface area contributed by atoms with Gasteiger partial charge in [-0.1, -0.05) is 41.6 Å². The lowest BCUT2D eigenvalue weighted by molar-refractivity contribution is -0.142. The lowest BCUT2D eigenvalue weighted by Gasteiger charge is -2.34. The predicted molar refractivity (Wildman–Crippen MR) is 95.9 cm³/mol. The molecule has 1 atom stereocenters. The van der Waals surface area contributed by atoms with Gasteiger partial charge in [-0.15, -0.1) is 0 Å². The fourth-order valence-electron chi connectivity index (χ4n) is 3.33. The van der Waals surface area contributed by atoms with Gasteiger partial charge >= 0.3 is 5.97 Å². The van der Waals surface area contributed by atoms with Crippen LogP contribution in [0, 0.1) is 6.92 Å². The number of rotatable bonds is 3. The highest BCUT2D eigenvalue weighted by atomic mass is 16.5. The van der Waals surface area contributed by atoms with Gasteiger partial charge < -0.3 is 14.5 Å². The molecule has 3 aromatic rings. The Bertz CT molecular complexity index is 1030. The van der Waals surface area contributed by atoms with Crippen LogP contribution in [0.25, 0.3) is 11.4 Å². The Hall–Kier alpha value is -3.48. The first kappa shape index (κ1) is 17.0. The number of nitrogens with zero attached hydrogens (tertiary/aromatic N) is 3. The van der Waals surface area contributed by atoms with E-state index in [1.165, 1.54) is 4.90 Å². The monoisotopic (exact) mass is 363 g/mol. The van der Waals surface area contributed by atoms with E-state index in [0.29, 0.717) is 29.3 Å². The normalized spacial score (nSPS) is 16.0. The van der Waals surface area contributed by atoms with Crippen LogP contribution in [-0.2, 0) is 17.8 Å². The number of benzene rings is 2. The van der Waals surface area contributed by atoms with Crippen LogP contribution in [0.2, 0.25) is 0 Å². The molecule has 0 saturated heterocycles. The first-order valence-electron chi connectivity index (χ1n) is 8.54. The van der Waals surface area contributed by atoms with Crippen molar-refractivity contribution in [1.82, 2.24) is 15.0 Å². The molecule has 0 radical (unpaired) electrons. The van der Waals surface area contributed by atoms with E-state index in [1.807, 2.05) is 24.3 Å². The molecule has 136 valence electrons. The van der Waals surface area contributed by atoms with E-state index in [2.05, 4.69) is 10.1 Å². The molecule has 4 rings (SSSR count). The summed E-state index contributed by atoms with van der Waals surface area (Å²) in [5.41, 5.74) is 2.96. The van der Waals surface area contributed by atoms with Gasteiger partial charge in [0.1, 0.15) is 6.04 Å². The molecule has 7 nitrogen and oxygen atoms in total. The fraction of sp³-hybridized carbons (Fsp3) is 0.200. The number of carbonyl (C=O) groups is 2. The van der Waals surface area contributed by atoms with Crippen molar-refractivity contribution >= 4 is 11.9 Å². The number of carboxylic acids is 1. The predicted octanol–water partition coefficient (Wildman–Crippen LogP) is 2.70. The molecule has 0 spiro atoms. The SMILES string of the molecule is Cc1nc(-c2cccc(C(=O)N3Cc4ccccc4C[C@H]3C(=O)O)c2)no1. The number of amides is 1. The topological polar surface area (TPSA) is 96.5 Å². The molecule has 7 heteroatoms. The molecule has 0 fully saturated rings. The van der Waals surface area contributed by atoms with Gasteiger partial charge in [0, 0.05) is 31.0 Å². The molecule has 0 unspecified atom stereocenters. The van der Waals surface area contributed by atoms with Gasteiger partial charge in [-0.25, -0.2) is 4.79 Å². The van der Waals surface area contributed by atoms with Gasteiger partial charge in [0.2, 0.25) is 11.7 Å². The molecular formula is C20H17N3O4. The molecule has 1 amide bonds. The second-order valence-electron chi connectivity index (χ2n) is 6.48. The number of aryl methyl sites for hydroxylation is 1. The molecule has 1 aliphatic rings. The molecule has 27 heavy (non-hydrogen) atoms. The lowest BCUT2D eigenvalue weighted by atomic mass is 9.93. The van der Waals surface area contributed by atoms with Crippen LogP contribution in [0.3, 0.4) is 0 Å². The summed E-state index contributed by atoms with van der Waals surface area (Å²) in [4.78, 5) is 30.5. The molecule has 1 aliphatic heterocycles. The largest absolute Gasteiger partial charge is 0.480 e. The Labute approximate surface area is 155 Å². The molecule has 2 aromatic carbocycles. The highest BCUT2D eigenvalue weighted by molar-refractivity contribution is 5.97. The van der Waals surface area contributed by atoms with Crippen molar-refractivity contribution in [2.75, 3.05) is 0 Å². The summed E-state index contributed by atoms with van der Waals surface area (Å²) < 4.78 is 4.99. The third-order valence-electron chi connectivity index (χ3n) is 4.69. The Morgan fingerprint density at radius 1 is 1.15 bits per heavy atom. The van der Waals surface area contributed by atoms with Crippen molar-refractivity contribution < 1.29 is 19.2 Å². The zero-order chi connectivity index (χ0) is 19.0. The number of hydrogen-bond acceptors (Lipinski definition) is 5. The second-order valence-corrected chi connectivity index (χ2v) is 6.48. The number of aliphatic carboxylic acids is 1. The number of hydrogen-bond donors (Lipinski definition) is 1. The maximum Gasteiger partial charge on any atom is 0.326 e. The second kappa shape index (κ2) is 6.68. The van der Waals surface area contributed by atoms with E-state index < -0.39 is 12.0 Å². The summed E-state index contributed by atoms with van der Waals surface area (Å²) in [5, 5.41) is 13.5. The third-order valence-corrected chi connectivity index (χ3v) is 4.69. The minimum Gasteiger partial charge on any atom is -0.480 e. The Kier molecular flexibility index (Phi) is 4.19. The summed E-state index contributed by atoms with van der Waals surface area (Å²) in [5.74, 6) is -0.525. The van der Waals surface area contributed by atoms with Crippen molar-refractivity contribution in [3.05, 3.63) is 71.1 Å². The highest BCUT2D eigenvalue weighted by Gasteiger charge is 2.35. The summed E-state index contributed by atoms with van der Waals surface area (Å²) in [6, 6.07) is 13.5. The van der Waals surface area contributed by atoms with E-state index in [0.717, 1.165) is 11.1 Å². The van der Waals surface area contributed by atoms with Gasteiger partial charge in [-0.3, -0.25) is 4.79 Å². The highest BCUT2D eigenvalue weighted by Crippen LogP contribution is 2.26. The maximum absolute atomic E-state index is 13.1. The number of carboxylic acid groups (broad SMARTS) is 1. The first-order valence-corrected chi connectivity index (χ1v) is 8.54. The maximum atomic E-state index is 13.1. The molecule has 0 saturated carbocycles. The summed E-state index contributed by atoms with van der Waals surface area (Å²) in [7, 11) is 0. The molecule has 1 N–H and O–H groups in total. The molecular weight excluding hydrogens is 346 g/mol. The van der Waals surface area contributed by atoms with Crippen molar-refractivity contribution in [1.29, 1.82) is 0 Å². The van der Waals surface area contributed by atoms with Crippen LogP contribution in [0.15, 0.2) is 53.1 Å².